The lowest BCUT2D eigenvalue weighted by Gasteiger charge is -2.24. The third kappa shape index (κ3) is 6.10. The van der Waals surface area contributed by atoms with Crippen LogP contribution in [0.1, 0.15) is 52.5 Å². The second kappa shape index (κ2) is 10.5. The van der Waals surface area contributed by atoms with E-state index in [2.05, 4.69) is 29.0 Å². The molecule has 214 valence electrons. The van der Waals surface area contributed by atoms with Gasteiger partial charge >= 0.3 is 6.09 Å². The molecule has 10 heteroatoms. The number of benzene rings is 2. The molecule has 0 bridgehead atoms. The van der Waals surface area contributed by atoms with E-state index in [0.29, 0.717) is 59.7 Å². The van der Waals surface area contributed by atoms with Gasteiger partial charge in [-0.2, -0.15) is 4.98 Å². The fourth-order valence-corrected chi connectivity index (χ4v) is 5.14. The minimum absolute atomic E-state index is 0.147. The number of likely N-dealkylation sites (tertiary alicyclic amines) is 1. The molecule has 1 aliphatic heterocycles. The zero-order valence-corrected chi connectivity index (χ0v) is 24.5. The van der Waals surface area contributed by atoms with Crippen molar-refractivity contribution < 1.29 is 19.0 Å². The van der Waals surface area contributed by atoms with Crippen LogP contribution in [0.4, 0.5) is 4.79 Å². The molecule has 1 aliphatic carbocycles. The number of halogens is 1. The normalized spacial score (nSPS) is 18.0. The Balaban J connectivity index is 1.28. The molecule has 1 atom stereocenters. The quantitative estimate of drug-likeness (QED) is 0.248. The maximum atomic E-state index is 12.5. The van der Waals surface area contributed by atoms with Gasteiger partial charge in [0.15, 0.2) is 11.2 Å². The number of carbonyl (C=O) groups is 1. The topological polar surface area (TPSA) is 91.6 Å². The van der Waals surface area contributed by atoms with Crippen LogP contribution in [0.5, 0.6) is 11.6 Å². The van der Waals surface area contributed by atoms with Crippen LogP contribution in [-0.2, 0) is 11.3 Å². The molecule has 0 spiro atoms. The first kappa shape index (κ1) is 27.3. The van der Waals surface area contributed by atoms with Crippen LogP contribution in [0, 0.1) is 0 Å². The summed E-state index contributed by atoms with van der Waals surface area (Å²) in [5.74, 6) is 1.78. The molecular weight excluding hydrogens is 542 g/mol. The van der Waals surface area contributed by atoms with Gasteiger partial charge in [0.2, 0.25) is 5.88 Å². The van der Waals surface area contributed by atoms with Crippen molar-refractivity contribution in [3.8, 4) is 23.0 Å². The van der Waals surface area contributed by atoms with Crippen LogP contribution in [0.15, 0.2) is 54.9 Å². The third-order valence-corrected chi connectivity index (χ3v) is 7.57. The lowest BCUT2D eigenvalue weighted by Crippen LogP contribution is -2.36. The number of rotatable bonds is 7. The third-order valence-electron chi connectivity index (χ3n) is 7.26. The largest absolute Gasteiger partial charge is 0.488 e. The fraction of sp³-hybridized carbons (Fsp3) is 0.419. The Labute approximate surface area is 244 Å². The maximum absolute atomic E-state index is 12.5. The van der Waals surface area contributed by atoms with Crippen molar-refractivity contribution in [1.29, 1.82) is 0 Å². The van der Waals surface area contributed by atoms with E-state index < -0.39 is 5.60 Å². The van der Waals surface area contributed by atoms with Gasteiger partial charge in [-0.1, -0.05) is 41.9 Å². The molecule has 1 amide bonds. The molecule has 2 fully saturated rings. The SMILES string of the molecule is CC(C)(C)OC(=O)N1CC[C@H](Oc2ccc(-c3nc4c(OC5(C)CC5)ncnc4n3Cc3ccccc3)c(Cl)c2)C1. The van der Waals surface area contributed by atoms with Crippen molar-refractivity contribution in [2.24, 2.45) is 0 Å². The summed E-state index contributed by atoms with van der Waals surface area (Å²) in [7, 11) is 0. The number of imidazole rings is 1. The van der Waals surface area contributed by atoms with Gasteiger partial charge in [-0.25, -0.2) is 14.8 Å². The predicted octanol–water partition coefficient (Wildman–Crippen LogP) is 6.51. The molecule has 1 saturated heterocycles. The van der Waals surface area contributed by atoms with Gasteiger partial charge in [-0.05, 0) is 64.3 Å². The van der Waals surface area contributed by atoms with Gasteiger partial charge in [0.25, 0.3) is 0 Å². The first-order chi connectivity index (χ1) is 19.6. The van der Waals surface area contributed by atoms with Crippen LogP contribution in [-0.4, -0.2) is 60.9 Å². The maximum Gasteiger partial charge on any atom is 0.410 e. The number of aromatic nitrogens is 4. The van der Waals surface area contributed by atoms with E-state index >= 15 is 0 Å². The predicted molar refractivity (Wildman–Crippen MR) is 156 cm³/mol. The highest BCUT2D eigenvalue weighted by molar-refractivity contribution is 6.33. The highest BCUT2D eigenvalue weighted by Gasteiger charge is 2.41. The summed E-state index contributed by atoms with van der Waals surface area (Å²) in [5, 5.41) is 0.499. The van der Waals surface area contributed by atoms with Gasteiger partial charge in [0.05, 0.1) is 18.1 Å². The molecule has 0 unspecified atom stereocenters. The minimum atomic E-state index is -0.537. The van der Waals surface area contributed by atoms with E-state index in [1.165, 1.54) is 6.33 Å². The molecule has 4 aromatic rings. The Bertz CT molecular complexity index is 1580. The Morgan fingerprint density at radius 2 is 1.90 bits per heavy atom. The monoisotopic (exact) mass is 575 g/mol. The molecule has 1 saturated carbocycles. The van der Waals surface area contributed by atoms with Crippen molar-refractivity contribution in [1.82, 2.24) is 24.4 Å². The van der Waals surface area contributed by atoms with E-state index in [4.69, 9.17) is 30.8 Å². The first-order valence-corrected chi connectivity index (χ1v) is 14.3. The summed E-state index contributed by atoms with van der Waals surface area (Å²) >= 11 is 6.87. The lowest BCUT2D eigenvalue weighted by atomic mass is 10.2. The van der Waals surface area contributed by atoms with E-state index in [9.17, 15) is 4.79 Å². The summed E-state index contributed by atoms with van der Waals surface area (Å²) in [4.78, 5) is 28.1. The molecule has 9 nitrogen and oxygen atoms in total. The molecule has 2 aromatic carbocycles. The number of fused-ring (bicyclic) bond motifs is 1. The van der Waals surface area contributed by atoms with E-state index in [-0.39, 0.29) is 17.8 Å². The Morgan fingerprint density at radius 3 is 2.61 bits per heavy atom. The van der Waals surface area contributed by atoms with Crippen LogP contribution in [0.25, 0.3) is 22.6 Å². The van der Waals surface area contributed by atoms with Crippen LogP contribution in [0.3, 0.4) is 0 Å². The van der Waals surface area contributed by atoms with Crippen molar-refractivity contribution >= 4 is 28.9 Å². The Morgan fingerprint density at radius 1 is 1.12 bits per heavy atom. The van der Waals surface area contributed by atoms with Gasteiger partial charge in [-0.3, -0.25) is 0 Å². The average molecular weight is 576 g/mol. The molecule has 0 radical (unpaired) electrons. The molecular formula is C31H34ClN5O4. The zero-order valence-electron chi connectivity index (χ0n) is 23.8. The minimum Gasteiger partial charge on any atom is -0.488 e. The van der Waals surface area contributed by atoms with Crippen molar-refractivity contribution in [2.45, 2.75) is 70.8 Å². The van der Waals surface area contributed by atoms with Gasteiger partial charge in [-0.15, -0.1) is 0 Å². The molecule has 3 heterocycles. The van der Waals surface area contributed by atoms with Crippen molar-refractivity contribution in [3.05, 3.63) is 65.4 Å². The summed E-state index contributed by atoms with van der Waals surface area (Å²) in [5.41, 5.74) is 2.40. The number of carbonyl (C=O) groups excluding carboxylic acids is 1. The zero-order chi connectivity index (χ0) is 28.8. The van der Waals surface area contributed by atoms with Gasteiger partial charge in [0.1, 0.15) is 35.2 Å². The number of nitrogens with zero attached hydrogens (tertiary/aromatic N) is 5. The van der Waals surface area contributed by atoms with E-state index in [1.54, 1.807) is 11.0 Å². The number of ether oxygens (including phenoxy) is 3. The van der Waals surface area contributed by atoms with Crippen molar-refractivity contribution in [3.63, 3.8) is 0 Å². The van der Waals surface area contributed by atoms with Crippen LogP contribution >= 0.6 is 11.6 Å². The Hall–Kier alpha value is -3.85. The highest BCUT2D eigenvalue weighted by atomic mass is 35.5. The average Bonchev–Trinajstić information content (AvgIpc) is 3.29. The summed E-state index contributed by atoms with van der Waals surface area (Å²) < 4.78 is 20.0. The molecule has 2 aromatic heterocycles. The van der Waals surface area contributed by atoms with Crippen LogP contribution in [0.2, 0.25) is 5.02 Å². The molecule has 41 heavy (non-hydrogen) atoms. The standard InChI is InChI=1S/C31H34ClN5O4/c1-30(2,3)41-29(38)36-15-12-22(18-36)39-21-10-11-23(24(32)16-21)26-35-25-27(37(26)17-20-8-6-5-7-9-20)33-19-34-28(25)40-31(4)13-14-31/h5-11,16,19,22H,12-15,17-18H2,1-4H3/t22-/m0/s1. The smallest absolute Gasteiger partial charge is 0.410 e. The van der Waals surface area contributed by atoms with Gasteiger partial charge < -0.3 is 23.7 Å². The number of hydrogen-bond donors (Lipinski definition) is 0. The molecule has 6 rings (SSSR count). The molecule has 0 N–H and O–H groups in total. The summed E-state index contributed by atoms with van der Waals surface area (Å²) in [6, 6.07) is 15.8. The summed E-state index contributed by atoms with van der Waals surface area (Å²) in [6.45, 7) is 9.26. The first-order valence-electron chi connectivity index (χ1n) is 14.0. The second-order valence-corrected chi connectivity index (χ2v) is 12.4. The second-order valence-electron chi connectivity index (χ2n) is 12.0. The molecule has 2 aliphatic rings. The van der Waals surface area contributed by atoms with E-state index in [1.807, 2.05) is 55.7 Å². The Kier molecular flexibility index (Phi) is 7.01. The van der Waals surface area contributed by atoms with Crippen molar-refractivity contribution in [2.75, 3.05) is 13.1 Å². The van der Waals surface area contributed by atoms with E-state index in [0.717, 1.165) is 24.0 Å². The summed E-state index contributed by atoms with van der Waals surface area (Å²) in [6.07, 6.45) is 3.74. The fourth-order valence-electron chi connectivity index (χ4n) is 4.88. The lowest BCUT2D eigenvalue weighted by molar-refractivity contribution is 0.0275. The number of hydrogen-bond acceptors (Lipinski definition) is 7. The number of amides is 1. The van der Waals surface area contributed by atoms with Gasteiger partial charge in [0, 0.05) is 18.5 Å². The van der Waals surface area contributed by atoms with Crippen LogP contribution < -0.4 is 9.47 Å². The highest BCUT2D eigenvalue weighted by Crippen LogP contribution is 2.41.